The molecule has 25 rings (SSSR count). The minimum absolute atomic E-state index is 0.0497. The third kappa shape index (κ3) is 16.4. The smallest absolute Gasteiger partial charge is 0.338 e. The molecule has 20 heteroatoms. The molecule has 16 saturated carbocycles. The quantitative estimate of drug-likeness (QED) is 0.0151. The highest BCUT2D eigenvalue weighted by Crippen LogP contribution is 2.61. The second-order valence-electron chi connectivity index (χ2n) is 40.7. The number of hydrogen-bond donors (Lipinski definition) is 6. The molecule has 672 valence electrons. The molecule has 0 aliphatic heterocycles. The molecule has 4 unspecified atom stereocenters. The van der Waals surface area contributed by atoms with Gasteiger partial charge in [0, 0.05) is 69.2 Å². The Hall–Kier alpha value is -9.80. The van der Waals surface area contributed by atoms with Crippen molar-refractivity contribution < 1.29 is 97.2 Å². The second kappa shape index (κ2) is 35.8. The molecule has 4 atom stereocenters. The third-order valence-corrected chi connectivity index (χ3v) is 33.2. The first-order valence-electron chi connectivity index (χ1n) is 47.7. The van der Waals surface area contributed by atoms with E-state index in [0.29, 0.717) is 91.9 Å². The molecule has 8 aromatic carbocycles. The summed E-state index contributed by atoms with van der Waals surface area (Å²) in [6.07, 6.45) is 25.1. The molecule has 20 nitrogen and oxygen atoms in total. The summed E-state index contributed by atoms with van der Waals surface area (Å²) < 4.78 is 62.9. The predicted octanol–water partition coefficient (Wildman–Crippen LogP) is 18.5. The van der Waals surface area contributed by atoms with Crippen LogP contribution in [-0.4, -0.2) is 146 Å². The van der Waals surface area contributed by atoms with Gasteiger partial charge in [-0.25, -0.2) is 19.2 Å². The van der Waals surface area contributed by atoms with Gasteiger partial charge in [-0.2, -0.15) is 0 Å². The molecule has 0 aromatic heterocycles. The topological polar surface area (TPSA) is 282 Å². The van der Waals surface area contributed by atoms with E-state index < -0.39 is 60.8 Å². The number of aliphatic hydroxyl groups excluding tert-OH is 2. The van der Waals surface area contributed by atoms with Crippen LogP contribution in [0.4, 0.5) is 0 Å². The minimum atomic E-state index is -1.10. The van der Waals surface area contributed by atoms with Crippen molar-refractivity contribution in [3.8, 4) is 34.5 Å². The molecule has 0 saturated heterocycles. The van der Waals surface area contributed by atoms with E-state index in [2.05, 4.69) is 0 Å². The lowest BCUT2D eigenvalue weighted by atomic mass is 9.55. The minimum Gasteiger partial charge on any atom is -0.508 e. The van der Waals surface area contributed by atoms with Gasteiger partial charge in [-0.05, 0) is 353 Å². The summed E-state index contributed by atoms with van der Waals surface area (Å²) in [5.41, 5.74) is 6.10. The van der Waals surface area contributed by atoms with Crippen LogP contribution in [0, 0.1) is 94.7 Å². The van der Waals surface area contributed by atoms with Gasteiger partial charge < -0.3 is 78.0 Å². The molecule has 0 radical (unpaired) electrons. The van der Waals surface area contributed by atoms with Crippen molar-refractivity contribution in [3.63, 3.8) is 0 Å². The van der Waals surface area contributed by atoms with Crippen molar-refractivity contribution >= 4 is 23.9 Å². The Kier molecular flexibility index (Phi) is 23.8. The van der Waals surface area contributed by atoms with Crippen LogP contribution < -0.4 is 9.47 Å². The fourth-order valence-corrected chi connectivity index (χ4v) is 28.6. The van der Waals surface area contributed by atoms with Crippen LogP contribution in [0.5, 0.6) is 34.5 Å². The number of benzene rings is 8. The van der Waals surface area contributed by atoms with Gasteiger partial charge >= 0.3 is 23.9 Å². The van der Waals surface area contributed by atoms with Crippen molar-refractivity contribution in [3.05, 3.63) is 246 Å². The maximum Gasteiger partial charge on any atom is 0.338 e. The summed E-state index contributed by atoms with van der Waals surface area (Å²) in [6, 6.07) is 40.6. The fourth-order valence-electron chi connectivity index (χ4n) is 28.6. The summed E-state index contributed by atoms with van der Waals surface area (Å²) >= 11 is 0. The Morgan fingerprint density at radius 2 is 0.461 bits per heavy atom. The number of aliphatic hydroxyl groups is 2. The molecule has 6 N–H and O–H groups in total. The number of phenols is 4. The Morgan fingerprint density at radius 3 is 0.672 bits per heavy atom. The number of carbonyl (C=O) groups excluding carboxylic acids is 4. The van der Waals surface area contributed by atoms with E-state index in [9.17, 15) is 49.8 Å². The third-order valence-electron chi connectivity index (χ3n) is 33.2. The molecule has 0 spiro atoms. The Labute approximate surface area is 748 Å². The van der Waals surface area contributed by atoms with Crippen molar-refractivity contribution in [1.82, 2.24) is 0 Å². The lowest BCUT2D eigenvalue weighted by Crippen LogP contribution is -2.49. The molecule has 17 aliphatic rings. The zero-order chi connectivity index (χ0) is 87.3. The zero-order valence-electron chi connectivity index (χ0n) is 73.3. The van der Waals surface area contributed by atoms with Crippen LogP contribution in [0.25, 0.3) is 0 Å². The number of hydrogen-bond acceptors (Lipinski definition) is 20. The number of aromatic hydroxyl groups is 4. The highest BCUT2D eigenvalue weighted by atomic mass is 16.6. The van der Waals surface area contributed by atoms with E-state index in [-0.39, 0.29) is 167 Å². The molecular formula is C108H120O20. The average Bonchev–Trinajstić information content (AvgIpc) is 0.727. The number of esters is 4. The number of phenolic OH excluding ortho intramolecular Hbond substituents is 4. The second-order valence-corrected chi connectivity index (χ2v) is 40.7. The Morgan fingerprint density at radius 1 is 0.258 bits per heavy atom. The molecule has 24 bridgehead atoms. The number of rotatable bonds is 28. The standard InChI is InChI=1S/C108H120O20/c1-119-95-53-93(113)87-51-89(95)100(68-9-17-72(18-10-68)108(118)128-26-22-124-104-79-43-63-30-64(45-79)46-80(104)44-63)88-52-90(96(120-2)54-94(88)114)99(67-7-15-71(16-8-67)107(117)127-25-21-123-103-77-39-61-29-62(41-77)42-78(103)40-61)86-50-84(82(56-110)48-92(86)112)97(65-3-11-69(12-4-65)105(115)125-23-19-121-101-73-31-57-27-58(33-73)34-74(101)32-57)85-49-83(81(55-109)47-91(85)111)98(87)66-5-13-70(14-6-66)106(116)126-24-20-122-102-75-35-59-28-60(37-75)38-76(102)36-59/h3-18,47-54,57-64,73-80,97-104,109-114H,19-46,55-56H2,1-2H3. The summed E-state index contributed by atoms with van der Waals surface area (Å²) in [7, 11) is 2.95. The largest absolute Gasteiger partial charge is 0.508 e. The first-order chi connectivity index (χ1) is 62.4. The van der Waals surface area contributed by atoms with Gasteiger partial charge in [-0.3, -0.25) is 0 Å². The molecule has 16 fully saturated rings. The normalized spacial score (nSPS) is 31.3. The molecule has 17 aliphatic carbocycles. The van der Waals surface area contributed by atoms with E-state index in [1.165, 1.54) is 167 Å². The highest BCUT2D eigenvalue weighted by Gasteiger charge is 2.53. The van der Waals surface area contributed by atoms with Crippen LogP contribution in [-0.2, 0) is 51.1 Å². The lowest BCUT2D eigenvalue weighted by Gasteiger charge is -2.54. The van der Waals surface area contributed by atoms with Crippen LogP contribution in [0.1, 0.15) is 271 Å². The number of fused-ring (bicyclic) bond motifs is 8. The van der Waals surface area contributed by atoms with Crippen LogP contribution in [0.15, 0.2) is 146 Å². The van der Waals surface area contributed by atoms with Gasteiger partial charge in [-0.15, -0.1) is 0 Å². The maximum absolute atomic E-state index is 14.3. The van der Waals surface area contributed by atoms with Crippen LogP contribution in [0.2, 0.25) is 0 Å². The number of methoxy groups -OCH3 is 2. The van der Waals surface area contributed by atoms with Crippen molar-refractivity contribution in [2.24, 2.45) is 94.7 Å². The lowest BCUT2D eigenvalue weighted by molar-refractivity contribution is -0.131. The monoisotopic (exact) mass is 1740 g/mol. The highest BCUT2D eigenvalue weighted by molar-refractivity contribution is 5.91. The summed E-state index contributed by atoms with van der Waals surface area (Å²) in [4.78, 5) is 57.2. The van der Waals surface area contributed by atoms with Gasteiger partial charge in [0.05, 0.1) is 101 Å². The SMILES string of the molecule is COc1cc(O)c2cc1C(c1ccc(C(=O)OCCOC3C4CC5CC(C4)CC3C5)cc1)c1cc(c(OC)cc1O)C(c1ccc(C(=O)OCCOC3C4CC5CC(C4)CC3C5)cc1)c1cc(c(CO)cc1O)C(c1ccc(C(=O)OCCOC3C4CC5CC(C4)CC3C5)cc1)c1cc(c(CO)cc1O)C2c1ccc(C(=O)OCCOC2C3CC4CC(C3)CC2C4)cc1. The van der Waals surface area contributed by atoms with Gasteiger partial charge in [0.25, 0.3) is 0 Å². The van der Waals surface area contributed by atoms with Crippen LogP contribution >= 0.6 is 0 Å². The Balaban J connectivity index is 0.674. The molecule has 128 heavy (non-hydrogen) atoms. The van der Waals surface area contributed by atoms with E-state index in [1.807, 2.05) is 0 Å². The fraction of sp³-hybridized carbons (Fsp3) is 0.519. The van der Waals surface area contributed by atoms with Gasteiger partial charge in [0.15, 0.2) is 0 Å². The molecular weight excluding hydrogens is 1620 g/mol. The predicted molar refractivity (Wildman–Crippen MR) is 475 cm³/mol. The van der Waals surface area contributed by atoms with Crippen LogP contribution in [0.3, 0.4) is 0 Å². The number of ether oxygens (including phenoxy) is 10. The van der Waals surface area contributed by atoms with E-state index in [4.69, 9.17) is 47.4 Å². The van der Waals surface area contributed by atoms with Gasteiger partial charge in [-0.1, -0.05) is 48.5 Å². The maximum atomic E-state index is 14.3. The van der Waals surface area contributed by atoms with Crippen molar-refractivity contribution in [2.75, 3.05) is 67.1 Å². The van der Waals surface area contributed by atoms with E-state index in [0.717, 1.165) is 47.3 Å². The molecule has 0 heterocycles. The summed E-state index contributed by atoms with van der Waals surface area (Å²) in [5.74, 6) is 3.20. The summed E-state index contributed by atoms with van der Waals surface area (Å²) in [5, 5.41) is 76.6. The van der Waals surface area contributed by atoms with Crippen molar-refractivity contribution in [2.45, 2.75) is 190 Å². The zero-order valence-corrected chi connectivity index (χ0v) is 73.3. The summed E-state index contributed by atoms with van der Waals surface area (Å²) in [6.45, 7) is 0.0116. The first kappa shape index (κ1) is 85.0. The van der Waals surface area contributed by atoms with Gasteiger partial charge in [0.2, 0.25) is 0 Å². The Bertz CT molecular complexity index is 4660. The first-order valence-corrected chi connectivity index (χ1v) is 47.7. The van der Waals surface area contributed by atoms with E-state index >= 15 is 0 Å². The molecule has 8 aromatic rings. The molecule has 0 amide bonds. The van der Waals surface area contributed by atoms with Crippen molar-refractivity contribution in [1.29, 1.82) is 0 Å². The average molecular weight is 1740 g/mol. The van der Waals surface area contributed by atoms with E-state index in [1.54, 1.807) is 121 Å². The number of carbonyl (C=O) groups is 4. The van der Waals surface area contributed by atoms with Gasteiger partial charge in [0.1, 0.15) is 60.9 Å².